The van der Waals surface area contributed by atoms with Crippen molar-refractivity contribution in [2.45, 2.75) is 69.9 Å². The third-order valence-corrected chi connectivity index (χ3v) is 7.51. The van der Waals surface area contributed by atoms with E-state index in [1.165, 1.54) is 32.1 Å². The lowest BCUT2D eigenvalue weighted by molar-refractivity contribution is -0.118. The molecule has 184 valence electrons. The van der Waals surface area contributed by atoms with Crippen molar-refractivity contribution in [2.75, 3.05) is 0 Å². The van der Waals surface area contributed by atoms with Crippen molar-refractivity contribution < 1.29 is 9.59 Å². The first-order valence-corrected chi connectivity index (χ1v) is 13.2. The van der Waals surface area contributed by atoms with Crippen molar-refractivity contribution in [3.8, 4) is 0 Å². The van der Waals surface area contributed by atoms with E-state index in [9.17, 15) is 9.59 Å². The first-order chi connectivity index (χ1) is 17.1. The standard InChI is InChI=1S/C31H38N2O2/c34-30(21-15-24-7-3-1-4-8-24)32-28-17-11-26(12-18-28)23-27-13-19-29(20-14-27)33-31(35)22-16-25-9-5-2-6-10-25/h1-10,15-16,21-22,26-29H,11-14,17-20,23H2,(H,32,34)(H,33,35). The van der Waals surface area contributed by atoms with E-state index in [2.05, 4.69) is 10.6 Å². The zero-order valence-electron chi connectivity index (χ0n) is 20.6. The molecular formula is C31H38N2O2. The average Bonchev–Trinajstić information content (AvgIpc) is 2.90. The second-order valence-corrected chi connectivity index (χ2v) is 10.2. The van der Waals surface area contributed by atoms with Gasteiger partial charge in [0.05, 0.1) is 0 Å². The first kappa shape index (κ1) is 25.0. The number of nitrogens with one attached hydrogen (secondary N) is 2. The normalized spacial score (nSPS) is 24.9. The van der Waals surface area contributed by atoms with Gasteiger partial charge in [0, 0.05) is 24.2 Å². The zero-order chi connectivity index (χ0) is 24.3. The third-order valence-electron chi connectivity index (χ3n) is 7.51. The van der Waals surface area contributed by atoms with Crippen LogP contribution >= 0.6 is 0 Å². The number of benzene rings is 2. The minimum absolute atomic E-state index is 0.0104. The molecule has 0 atom stereocenters. The summed E-state index contributed by atoms with van der Waals surface area (Å²) in [6.07, 6.45) is 17.5. The molecule has 0 aromatic heterocycles. The molecule has 0 spiro atoms. The molecule has 2 aromatic carbocycles. The molecule has 0 saturated heterocycles. The Kier molecular flexibility index (Phi) is 9.33. The van der Waals surface area contributed by atoms with Crippen molar-refractivity contribution in [1.29, 1.82) is 0 Å². The maximum atomic E-state index is 12.3. The molecule has 35 heavy (non-hydrogen) atoms. The first-order valence-electron chi connectivity index (χ1n) is 13.2. The molecule has 4 rings (SSSR count). The van der Waals surface area contributed by atoms with Crippen LogP contribution in [0.4, 0.5) is 0 Å². The number of amides is 2. The van der Waals surface area contributed by atoms with Gasteiger partial charge in [0.2, 0.25) is 11.8 Å². The summed E-state index contributed by atoms with van der Waals surface area (Å²) in [5.41, 5.74) is 2.09. The van der Waals surface area contributed by atoms with E-state index in [0.29, 0.717) is 12.1 Å². The molecule has 0 bridgehead atoms. The number of hydrogen-bond acceptors (Lipinski definition) is 2. The Hall–Kier alpha value is -3.14. The van der Waals surface area contributed by atoms with E-state index in [0.717, 1.165) is 48.6 Å². The summed E-state index contributed by atoms with van der Waals surface area (Å²) < 4.78 is 0. The van der Waals surface area contributed by atoms with Crippen molar-refractivity contribution in [1.82, 2.24) is 10.6 Å². The number of hydrogen-bond donors (Lipinski definition) is 2. The van der Waals surface area contributed by atoms with Crippen LogP contribution in [0.25, 0.3) is 12.2 Å². The second-order valence-electron chi connectivity index (χ2n) is 10.2. The summed E-state index contributed by atoms with van der Waals surface area (Å²) in [6.45, 7) is 0. The van der Waals surface area contributed by atoms with Gasteiger partial charge in [-0.05, 0) is 92.9 Å². The van der Waals surface area contributed by atoms with Crippen molar-refractivity contribution in [3.05, 3.63) is 83.9 Å². The SMILES string of the molecule is O=C(C=Cc1ccccc1)NC1CCC(CC2CCC(NC(=O)C=Cc3ccccc3)CC2)CC1. The molecule has 0 unspecified atom stereocenters. The number of carbonyl (C=O) groups excluding carboxylic acids is 2. The van der Waals surface area contributed by atoms with Gasteiger partial charge in [-0.15, -0.1) is 0 Å². The summed E-state index contributed by atoms with van der Waals surface area (Å²) in [7, 11) is 0. The summed E-state index contributed by atoms with van der Waals surface area (Å²) in [5.74, 6) is 1.56. The Labute approximate surface area is 209 Å². The van der Waals surface area contributed by atoms with Gasteiger partial charge >= 0.3 is 0 Å². The average molecular weight is 471 g/mol. The van der Waals surface area contributed by atoms with Gasteiger partial charge in [-0.2, -0.15) is 0 Å². The Morgan fingerprint density at radius 1 is 0.600 bits per heavy atom. The van der Waals surface area contributed by atoms with E-state index >= 15 is 0 Å². The highest BCUT2D eigenvalue weighted by molar-refractivity contribution is 5.92. The maximum absolute atomic E-state index is 12.3. The fraction of sp³-hybridized carbons (Fsp3) is 0.419. The van der Waals surface area contributed by atoms with Crippen LogP contribution < -0.4 is 10.6 Å². The molecule has 2 aliphatic rings. The Morgan fingerprint density at radius 3 is 1.34 bits per heavy atom. The highest BCUT2D eigenvalue weighted by atomic mass is 16.2. The van der Waals surface area contributed by atoms with Crippen molar-refractivity contribution in [2.24, 2.45) is 11.8 Å². The van der Waals surface area contributed by atoms with Gasteiger partial charge in [0.25, 0.3) is 0 Å². The lowest BCUT2D eigenvalue weighted by atomic mass is 9.75. The lowest BCUT2D eigenvalue weighted by Crippen LogP contribution is -2.38. The van der Waals surface area contributed by atoms with Crippen molar-refractivity contribution >= 4 is 24.0 Å². The Balaban J connectivity index is 1.10. The van der Waals surface area contributed by atoms with Crippen LogP contribution in [0, 0.1) is 11.8 Å². The van der Waals surface area contributed by atoms with E-state index in [4.69, 9.17) is 0 Å². The minimum Gasteiger partial charge on any atom is -0.350 e. The van der Waals surface area contributed by atoms with Gasteiger partial charge < -0.3 is 10.6 Å². The topological polar surface area (TPSA) is 58.2 Å². The smallest absolute Gasteiger partial charge is 0.244 e. The predicted molar refractivity (Wildman–Crippen MR) is 143 cm³/mol. The Morgan fingerprint density at radius 2 is 0.971 bits per heavy atom. The molecule has 2 saturated carbocycles. The monoisotopic (exact) mass is 470 g/mol. The molecule has 2 N–H and O–H groups in total. The molecule has 2 aliphatic carbocycles. The molecule has 2 amide bonds. The molecule has 4 heteroatoms. The summed E-state index contributed by atoms with van der Waals surface area (Å²) in [4.78, 5) is 24.5. The quantitative estimate of drug-likeness (QED) is 0.454. The van der Waals surface area contributed by atoms with Gasteiger partial charge in [0.15, 0.2) is 0 Å². The molecule has 0 radical (unpaired) electrons. The van der Waals surface area contributed by atoms with E-state index in [1.54, 1.807) is 12.2 Å². The van der Waals surface area contributed by atoms with Crippen LogP contribution in [0.1, 0.15) is 68.9 Å². The molecule has 2 aromatic rings. The second kappa shape index (κ2) is 13.1. The molecular weight excluding hydrogens is 432 g/mol. The fourth-order valence-electron chi connectivity index (χ4n) is 5.53. The van der Waals surface area contributed by atoms with Crippen LogP contribution in [0.3, 0.4) is 0 Å². The molecule has 4 nitrogen and oxygen atoms in total. The van der Waals surface area contributed by atoms with Crippen LogP contribution in [0.5, 0.6) is 0 Å². The highest BCUT2D eigenvalue weighted by Gasteiger charge is 2.27. The molecule has 0 heterocycles. The fourth-order valence-corrected chi connectivity index (χ4v) is 5.53. The van der Waals surface area contributed by atoms with E-state index in [1.807, 2.05) is 72.8 Å². The third kappa shape index (κ3) is 8.54. The Bertz CT molecular complexity index is 902. The van der Waals surface area contributed by atoms with Crippen LogP contribution in [0.15, 0.2) is 72.8 Å². The molecule has 0 aliphatic heterocycles. The van der Waals surface area contributed by atoms with E-state index in [-0.39, 0.29) is 11.8 Å². The van der Waals surface area contributed by atoms with Crippen LogP contribution in [-0.2, 0) is 9.59 Å². The van der Waals surface area contributed by atoms with Crippen LogP contribution in [0.2, 0.25) is 0 Å². The zero-order valence-corrected chi connectivity index (χ0v) is 20.6. The van der Waals surface area contributed by atoms with Gasteiger partial charge in [-0.1, -0.05) is 60.7 Å². The number of rotatable bonds is 8. The summed E-state index contributed by atoms with van der Waals surface area (Å²) in [5, 5.41) is 6.37. The molecule has 2 fully saturated rings. The maximum Gasteiger partial charge on any atom is 0.244 e. The van der Waals surface area contributed by atoms with Crippen molar-refractivity contribution in [3.63, 3.8) is 0 Å². The predicted octanol–water partition coefficient (Wildman–Crippen LogP) is 6.15. The largest absolute Gasteiger partial charge is 0.350 e. The van der Waals surface area contributed by atoms with Gasteiger partial charge in [-0.3, -0.25) is 9.59 Å². The van der Waals surface area contributed by atoms with Crippen LogP contribution in [-0.4, -0.2) is 23.9 Å². The van der Waals surface area contributed by atoms with Gasteiger partial charge in [0.1, 0.15) is 0 Å². The van der Waals surface area contributed by atoms with E-state index < -0.39 is 0 Å². The lowest BCUT2D eigenvalue weighted by Gasteiger charge is -2.34. The van der Waals surface area contributed by atoms with Gasteiger partial charge in [-0.25, -0.2) is 0 Å². The number of carbonyl (C=O) groups is 2. The summed E-state index contributed by atoms with van der Waals surface area (Å²) in [6, 6.07) is 20.5. The minimum atomic E-state index is 0.0104. The highest BCUT2D eigenvalue weighted by Crippen LogP contribution is 2.35. The summed E-state index contributed by atoms with van der Waals surface area (Å²) >= 11 is 0.